The second kappa shape index (κ2) is 2.88. The summed E-state index contributed by atoms with van der Waals surface area (Å²) in [4.78, 5) is 13.3. The highest BCUT2D eigenvalue weighted by molar-refractivity contribution is 6.17. The Morgan fingerprint density at radius 3 is 2.80 bits per heavy atom. The molecule has 1 rings (SSSR count). The number of aromatic nitrogens is 1. The van der Waals surface area contributed by atoms with Crippen molar-refractivity contribution in [3.8, 4) is 0 Å². The molecule has 0 aromatic carbocycles. The van der Waals surface area contributed by atoms with Crippen molar-refractivity contribution in [2.75, 3.05) is 0 Å². The first-order chi connectivity index (χ1) is 4.74. The third kappa shape index (κ3) is 1.39. The summed E-state index contributed by atoms with van der Waals surface area (Å²) in [5.74, 6) is 0.447. The molecule has 0 bridgehead atoms. The van der Waals surface area contributed by atoms with Gasteiger partial charge in [0.15, 0.2) is 0 Å². The highest BCUT2D eigenvalue weighted by atomic mass is 35.5. The van der Waals surface area contributed by atoms with Gasteiger partial charge in [-0.3, -0.25) is 4.79 Å². The van der Waals surface area contributed by atoms with Gasteiger partial charge in [-0.25, -0.2) is 0 Å². The maximum atomic E-state index is 10.7. The van der Waals surface area contributed by atoms with Gasteiger partial charge in [0, 0.05) is 17.6 Å². The van der Waals surface area contributed by atoms with Crippen LogP contribution in [0.4, 0.5) is 0 Å². The van der Waals surface area contributed by atoms with Gasteiger partial charge >= 0.3 is 0 Å². The van der Waals surface area contributed by atoms with Crippen LogP contribution in [0.3, 0.4) is 0 Å². The van der Waals surface area contributed by atoms with Crippen molar-refractivity contribution in [2.24, 2.45) is 0 Å². The lowest BCUT2D eigenvalue weighted by molar-refractivity contribution is 1.09. The van der Waals surface area contributed by atoms with E-state index < -0.39 is 0 Å². The Bertz CT molecular complexity index is 279. The summed E-state index contributed by atoms with van der Waals surface area (Å²) in [7, 11) is 0. The standard InChI is InChI=1S/C7H8ClNO/c1-5-6(4-8)2-3-7(10)9-5/h2-3H,4H2,1H3,(H,9,10). The van der Waals surface area contributed by atoms with Gasteiger partial charge in [-0.2, -0.15) is 0 Å². The van der Waals surface area contributed by atoms with Crippen molar-refractivity contribution < 1.29 is 0 Å². The first-order valence-electron chi connectivity index (χ1n) is 2.99. The number of hydrogen-bond acceptors (Lipinski definition) is 1. The van der Waals surface area contributed by atoms with Crippen LogP contribution < -0.4 is 5.56 Å². The van der Waals surface area contributed by atoms with Crippen LogP contribution >= 0.6 is 11.6 Å². The van der Waals surface area contributed by atoms with Gasteiger partial charge in [0.1, 0.15) is 0 Å². The van der Waals surface area contributed by atoms with Crippen molar-refractivity contribution in [1.82, 2.24) is 4.98 Å². The van der Waals surface area contributed by atoms with Crippen molar-refractivity contribution in [3.05, 3.63) is 33.7 Å². The van der Waals surface area contributed by atoms with Crippen molar-refractivity contribution in [1.29, 1.82) is 0 Å². The molecule has 54 valence electrons. The lowest BCUT2D eigenvalue weighted by Gasteiger charge is -1.97. The Kier molecular flexibility index (Phi) is 2.12. The molecule has 10 heavy (non-hydrogen) atoms. The third-order valence-corrected chi connectivity index (χ3v) is 1.66. The predicted molar refractivity (Wildman–Crippen MR) is 41.4 cm³/mol. The van der Waals surface area contributed by atoms with Gasteiger partial charge < -0.3 is 4.98 Å². The Balaban J connectivity index is 3.19. The zero-order valence-corrected chi connectivity index (χ0v) is 6.40. The Labute approximate surface area is 63.8 Å². The lowest BCUT2D eigenvalue weighted by atomic mass is 10.2. The quantitative estimate of drug-likeness (QED) is 0.615. The van der Waals surface area contributed by atoms with Gasteiger partial charge in [0.25, 0.3) is 0 Å². The maximum absolute atomic E-state index is 10.7. The minimum atomic E-state index is -0.0774. The summed E-state index contributed by atoms with van der Waals surface area (Å²) in [6.45, 7) is 1.83. The van der Waals surface area contributed by atoms with E-state index in [0.29, 0.717) is 5.88 Å². The molecule has 0 radical (unpaired) electrons. The SMILES string of the molecule is Cc1[nH]c(=O)ccc1CCl. The number of alkyl halides is 1. The average molecular weight is 158 g/mol. The first-order valence-corrected chi connectivity index (χ1v) is 3.52. The zero-order chi connectivity index (χ0) is 7.56. The van der Waals surface area contributed by atoms with Crippen LogP contribution in [-0.4, -0.2) is 4.98 Å². The summed E-state index contributed by atoms with van der Waals surface area (Å²) >= 11 is 5.56. The average Bonchev–Trinajstić information content (AvgIpc) is 1.88. The molecule has 0 aliphatic rings. The van der Waals surface area contributed by atoms with E-state index in [1.54, 1.807) is 6.07 Å². The molecule has 0 aliphatic heterocycles. The molecule has 1 heterocycles. The second-order valence-corrected chi connectivity index (χ2v) is 2.37. The van der Waals surface area contributed by atoms with E-state index in [4.69, 9.17) is 11.6 Å². The zero-order valence-electron chi connectivity index (χ0n) is 5.65. The lowest BCUT2D eigenvalue weighted by Crippen LogP contribution is -2.06. The Hall–Kier alpha value is -0.760. The van der Waals surface area contributed by atoms with E-state index in [-0.39, 0.29) is 5.56 Å². The van der Waals surface area contributed by atoms with Gasteiger partial charge in [-0.15, -0.1) is 11.6 Å². The van der Waals surface area contributed by atoms with Crippen molar-refractivity contribution in [2.45, 2.75) is 12.8 Å². The fourth-order valence-corrected chi connectivity index (χ4v) is 1.04. The number of pyridine rings is 1. The molecule has 1 aromatic rings. The molecule has 0 unspecified atom stereocenters. The Morgan fingerprint density at radius 2 is 2.30 bits per heavy atom. The normalized spacial score (nSPS) is 9.80. The highest BCUT2D eigenvalue weighted by Gasteiger charge is 1.94. The van der Waals surface area contributed by atoms with E-state index in [1.165, 1.54) is 6.07 Å². The van der Waals surface area contributed by atoms with Gasteiger partial charge in [0.05, 0.1) is 0 Å². The summed E-state index contributed by atoms with van der Waals surface area (Å²) in [6, 6.07) is 3.21. The molecule has 2 nitrogen and oxygen atoms in total. The monoisotopic (exact) mass is 157 g/mol. The molecular formula is C7H8ClNO. The van der Waals surface area contributed by atoms with Crippen LogP contribution in [0.25, 0.3) is 0 Å². The van der Waals surface area contributed by atoms with Gasteiger partial charge in [-0.1, -0.05) is 6.07 Å². The summed E-state index contributed by atoms with van der Waals surface area (Å²) in [5.41, 5.74) is 1.75. The number of hydrogen-bond donors (Lipinski definition) is 1. The first kappa shape index (κ1) is 7.35. The Morgan fingerprint density at radius 1 is 1.60 bits per heavy atom. The van der Waals surface area contributed by atoms with E-state index in [9.17, 15) is 4.79 Å². The fourth-order valence-electron chi connectivity index (χ4n) is 0.753. The molecule has 1 aromatic heterocycles. The van der Waals surface area contributed by atoms with Gasteiger partial charge in [0.2, 0.25) is 5.56 Å². The number of nitrogens with one attached hydrogen (secondary N) is 1. The molecule has 0 saturated heterocycles. The molecular weight excluding hydrogens is 150 g/mol. The molecule has 0 aliphatic carbocycles. The van der Waals surface area contributed by atoms with Crippen LogP contribution in [0.15, 0.2) is 16.9 Å². The summed E-state index contributed by atoms with van der Waals surface area (Å²) in [6.07, 6.45) is 0. The molecule has 0 spiro atoms. The van der Waals surface area contributed by atoms with Crippen LogP contribution in [-0.2, 0) is 5.88 Å². The second-order valence-electron chi connectivity index (χ2n) is 2.11. The minimum absolute atomic E-state index is 0.0774. The van der Waals surface area contributed by atoms with Crippen LogP contribution in [0.5, 0.6) is 0 Å². The molecule has 0 fully saturated rings. The fraction of sp³-hybridized carbons (Fsp3) is 0.286. The van der Waals surface area contributed by atoms with E-state index in [1.807, 2.05) is 6.92 Å². The van der Waals surface area contributed by atoms with E-state index in [2.05, 4.69) is 4.98 Å². The van der Waals surface area contributed by atoms with E-state index in [0.717, 1.165) is 11.3 Å². The van der Waals surface area contributed by atoms with Crippen molar-refractivity contribution >= 4 is 11.6 Å². The molecule has 0 amide bonds. The third-order valence-electron chi connectivity index (χ3n) is 1.37. The molecule has 0 saturated carbocycles. The van der Waals surface area contributed by atoms with Gasteiger partial charge in [-0.05, 0) is 12.5 Å². The molecule has 3 heteroatoms. The van der Waals surface area contributed by atoms with Crippen LogP contribution in [0.2, 0.25) is 0 Å². The largest absolute Gasteiger partial charge is 0.326 e. The molecule has 1 N–H and O–H groups in total. The number of H-pyrrole nitrogens is 1. The number of halogens is 1. The number of aromatic amines is 1. The smallest absolute Gasteiger partial charge is 0.248 e. The minimum Gasteiger partial charge on any atom is -0.326 e. The van der Waals surface area contributed by atoms with Crippen LogP contribution in [0.1, 0.15) is 11.3 Å². The topological polar surface area (TPSA) is 32.9 Å². The maximum Gasteiger partial charge on any atom is 0.248 e. The summed E-state index contributed by atoms with van der Waals surface area (Å²) < 4.78 is 0. The van der Waals surface area contributed by atoms with E-state index >= 15 is 0 Å². The highest BCUT2D eigenvalue weighted by Crippen LogP contribution is 2.03. The molecule has 0 atom stereocenters. The number of rotatable bonds is 1. The summed E-state index contributed by atoms with van der Waals surface area (Å²) in [5, 5.41) is 0. The van der Waals surface area contributed by atoms with Crippen molar-refractivity contribution in [3.63, 3.8) is 0 Å². The number of aryl methyl sites for hydroxylation is 1. The predicted octanol–water partition coefficient (Wildman–Crippen LogP) is 1.42. The van der Waals surface area contributed by atoms with Crippen LogP contribution in [0, 0.1) is 6.92 Å².